The summed E-state index contributed by atoms with van der Waals surface area (Å²) in [5, 5.41) is 0.308. The molecule has 0 fully saturated rings. The Kier molecular flexibility index (Phi) is 5.79. The molecule has 0 aliphatic rings. The van der Waals surface area contributed by atoms with Crippen LogP contribution >= 0.6 is 22.8 Å². The summed E-state index contributed by atoms with van der Waals surface area (Å²) in [6.07, 6.45) is 0.678. The van der Waals surface area contributed by atoms with E-state index in [1.807, 2.05) is 0 Å². The van der Waals surface area contributed by atoms with Gasteiger partial charge in [-0.1, -0.05) is 23.7 Å². The highest BCUT2D eigenvalue weighted by Crippen LogP contribution is 2.52. The van der Waals surface area contributed by atoms with Crippen LogP contribution in [0.25, 0.3) is 0 Å². The van der Waals surface area contributed by atoms with E-state index in [1.54, 1.807) is 24.3 Å². The molecule has 0 saturated heterocycles. The minimum atomic E-state index is -5.18. The molecule has 23 heavy (non-hydrogen) atoms. The Morgan fingerprint density at radius 2 is 1.74 bits per heavy atom. The summed E-state index contributed by atoms with van der Waals surface area (Å²) >= 11 is 0.800. The van der Waals surface area contributed by atoms with Gasteiger partial charge in [0.2, 0.25) is 11.2 Å². The third-order valence-corrected chi connectivity index (χ3v) is 3.45. The van der Waals surface area contributed by atoms with Crippen molar-refractivity contribution in [3.05, 3.63) is 58.6 Å². The van der Waals surface area contributed by atoms with Crippen LogP contribution in [0.3, 0.4) is 0 Å². The molecule has 2 aromatic rings. The summed E-state index contributed by atoms with van der Waals surface area (Å²) in [5.41, 5.74) is 1.18. The van der Waals surface area contributed by atoms with Crippen molar-refractivity contribution in [1.82, 2.24) is 0 Å². The Morgan fingerprint density at radius 3 is 2.30 bits per heavy atom. The zero-order valence-electron chi connectivity index (χ0n) is 11.7. The highest BCUT2D eigenvalue weighted by atomic mass is 35.5. The molecule has 2 rings (SSSR count). The van der Waals surface area contributed by atoms with Gasteiger partial charge in [0.25, 0.3) is 0 Å². The average Bonchev–Trinajstić information content (AvgIpc) is 2.52. The highest BCUT2D eigenvalue weighted by Gasteiger charge is 2.21. The molecule has 0 spiro atoms. The standard InChI is InChI=1S/C15H12ClF3O3S/c16-14-7-12(8-20)3-6-15(14)21-9-11-1-4-13(5-2-11)22-10-23(17,18)19/h1-8H,9-10H2. The van der Waals surface area contributed by atoms with E-state index in [4.69, 9.17) is 16.3 Å². The summed E-state index contributed by atoms with van der Waals surface area (Å²) in [6.45, 7) is 0.185. The summed E-state index contributed by atoms with van der Waals surface area (Å²) in [5.74, 6) is -0.688. The number of aldehydes is 1. The van der Waals surface area contributed by atoms with Crippen LogP contribution in [0.2, 0.25) is 5.02 Å². The Labute approximate surface area is 138 Å². The lowest BCUT2D eigenvalue weighted by Gasteiger charge is -2.12. The van der Waals surface area contributed by atoms with Crippen molar-refractivity contribution in [2.75, 3.05) is 5.94 Å². The molecule has 0 N–H and O–H groups in total. The van der Waals surface area contributed by atoms with Crippen LogP contribution in [0.15, 0.2) is 42.5 Å². The molecule has 0 saturated carbocycles. The van der Waals surface area contributed by atoms with Crippen molar-refractivity contribution in [2.24, 2.45) is 0 Å². The maximum Gasteiger partial charge on any atom is 0.244 e. The monoisotopic (exact) mass is 364 g/mol. The van der Waals surface area contributed by atoms with Crippen molar-refractivity contribution < 1.29 is 25.9 Å². The fraction of sp³-hybridized carbons (Fsp3) is 0.133. The van der Waals surface area contributed by atoms with Gasteiger partial charge in [-0.05, 0) is 35.9 Å². The number of ether oxygens (including phenoxy) is 2. The molecule has 0 heterocycles. The van der Waals surface area contributed by atoms with E-state index in [1.165, 1.54) is 18.2 Å². The fourth-order valence-electron chi connectivity index (χ4n) is 1.69. The van der Waals surface area contributed by atoms with E-state index in [2.05, 4.69) is 4.74 Å². The van der Waals surface area contributed by atoms with Gasteiger partial charge >= 0.3 is 0 Å². The smallest absolute Gasteiger partial charge is 0.244 e. The van der Waals surface area contributed by atoms with Crippen LogP contribution < -0.4 is 9.47 Å². The third-order valence-electron chi connectivity index (χ3n) is 2.77. The number of hydrogen-bond donors (Lipinski definition) is 0. The van der Waals surface area contributed by atoms with Gasteiger partial charge in [0, 0.05) is 5.56 Å². The van der Waals surface area contributed by atoms with Gasteiger partial charge in [-0.25, -0.2) is 0 Å². The highest BCUT2D eigenvalue weighted by molar-refractivity contribution is 8.20. The van der Waals surface area contributed by atoms with Gasteiger partial charge in [-0.15, -0.1) is 11.7 Å². The van der Waals surface area contributed by atoms with Crippen molar-refractivity contribution in [2.45, 2.75) is 6.61 Å². The predicted octanol–water partition coefficient (Wildman–Crippen LogP) is 5.53. The number of hydrogen-bond acceptors (Lipinski definition) is 3. The van der Waals surface area contributed by atoms with E-state index in [-0.39, 0.29) is 12.4 Å². The van der Waals surface area contributed by atoms with Gasteiger partial charge in [0.05, 0.1) is 5.02 Å². The van der Waals surface area contributed by atoms with Crippen molar-refractivity contribution in [3.63, 3.8) is 0 Å². The van der Waals surface area contributed by atoms with E-state index in [0.717, 1.165) is 5.56 Å². The summed E-state index contributed by atoms with van der Waals surface area (Å²) < 4.78 is 46.5. The Morgan fingerprint density at radius 1 is 1.04 bits per heavy atom. The molecule has 8 heteroatoms. The zero-order valence-corrected chi connectivity index (χ0v) is 13.3. The molecule has 0 aliphatic carbocycles. The number of benzene rings is 2. The van der Waals surface area contributed by atoms with Crippen LogP contribution in [0.5, 0.6) is 11.5 Å². The van der Waals surface area contributed by atoms with Crippen molar-refractivity contribution >= 4 is 29.1 Å². The molecular formula is C15H12ClF3O3S. The second-order valence-electron chi connectivity index (χ2n) is 4.50. The molecule has 0 unspecified atom stereocenters. The lowest BCUT2D eigenvalue weighted by Crippen LogP contribution is -1.99. The number of rotatable bonds is 7. The Hall–Kier alpha value is -1.86. The summed E-state index contributed by atoms with van der Waals surface area (Å²) in [4.78, 5) is 10.6. The topological polar surface area (TPSA) is 35.5 Å². The van der Waals surface area contributed by atoms with Crippen LogP contribution in [0.4, 0.5) is 11.7 Å². The second kappa shape index (κ2) is 7.61. The first-order valence-electron chi connectivity index (χ1n) is 6.36. The maximum absolute atomic E-state index is 12.1. The van der Waals surface area contributed by atoms with Crippen LogP contribution in [0.1, 0.15) is 15.9 Å². The van der Waals surface area contributed by atoms with Crippen molar-refractivity contribution in [3.8, 4) is 11.5 Å². The third kappa shape index (κ3) is 5.69. The van der Waals surface area contributed by atoms with E-state index >= 15 is 0 Å². The van der Waals surface area contributed by atoms with Gasteiger partial charge in [0.1, 0.15) is 24.4 Å². The predicted molar refractivity (Wildman–Crippen MR) is 84.0 cm³/mol. The first-order valence-corrected chi connectivity index (χ1v) is 8.24. The minimum absolute atomic E-state index is 0.145. The molecule has 2 aromatic carbocycles. The zero-order chi connectivity index (χ0) is 16.9. The molecular weight excluding hydrogens is 353 g/mol. The summed E-state index contributed by atoms with van der Waals surface area (Å²) in [6, 6.07) is 10.7. The molecule has 0 amide bonds. The molecule has 0 aliphatic heterocycles. The molecule has 124 valence electrons. The minimum Gasteiger partial charge on any atom is -0.487 e. The van der Waals surface area contributed by atoms with E-state index in [9.17, 15) is 16.5 Å². The van der Waals surface area contributed by atoms with Gasteiger partial charge in [-0.3, -0.25) is 4.79 Å². The largest absolute Gasteiger partial charge is 0.487 e. The van der Waals surface area contributed by atoms with Gasteiger partial charge < -0.3 is 9.47 Å². The SMILES string of the molecule is O=Cc1ccc(OCc2ccc(OCS(F)(F)F)cc2)c(Cl)c1. The number of carbonyl (C=O) groups is 1. The van der Waals surface area contributed by atoms with Gasteiger partial charge in [-0.2, -0.15) is 0 Å². The first kappa shape index (κ1) is 17.5. The number of carbonyl (C=O) groups excluding carboxylic acids is 1. The van der Waals surface area contributed by atoms with Crippen LogP contribution in [-0.2, 0) is 6.61 Å². The lowest BCUT2D eigenvalue weighted by molar-refractivity contribution is 0.112. The van der Waals surface area contributed by atoms with Crippen molar-refractivity contribution in [1.29, 1.82) is 0 Å². The van der Waals surface area contributed by atoms with Gasteiger partial charge in [0.15, 0.2) is 5.94 Å². The molecule has 0 bridgehead atoms. The molecule has 0 atom stereocenters. The summed E-state index contributed by atoms with van der Waals surface area (Å²) in [7, 11) is 0. The molecule has 0 radical (unpaired) electrons. The van der Waals surface area contributed by atoms with Crippen LogP contribution in [-0.4, -0.2) is 12.2 Å². The second-order valence-corrected chi connectivity index (χ2v) is 6.15. The number of halogens is 4. The van der Waals surface area contributed by atoms with E-state index < -0.39 is 17.1 Å². The normalized spacial score (nSPS) is 11.8. The quantitative estimate of drug-likeness (QED) is 0.606. The maximum atomic E-state index is 12.1. The molecule has 0 aromatic heterocycles. The average molecular weight is 365 g/mol. The fourth-order valence-corrected chi connectivity index (χ4v) is 2.20. The van der Waals surface area contributed by atoms with Crippen LogP contribution in [0, 0.1) is 0 Å². The lowest BCUT2D eigenvalue weighted by atomic mass is 10.2. The molecule has 3 nitrogen and oxygen atoms in total. The Balaban J connectivity index is 1.92. The first-order chi connectivity index (χ1) is 10.9. The van der Waals surface area contributed by atoms with E-state index in [0.29, 0.717) is 22.6 Å². The Bertz CT molecular complexity index is 675.